The number of imidazole rings is 1. The predicted molar refractivity (Wildman–Crippen MR) is 105 cm³/mol. The molecule has 0 atom stereocenters. The molecule has 4 rings (SSSR count). The zero-order chi connectivity index (χ0) is 18.7. The molecule has 0 radical (unpaired) electrons. The number of H-pyrrole nitrogens is 1. The average molecular weight is 457 g/mol. The van der Waals surface area contributed by atoms with E-state index in [9.17, 15) is 9.59 Å². The summed E-state index contributed by atoms with van der Waals surface area (Å²) in [6.45, 7) is 0.0611. The molecule has 0 amide bonds. The van der Waals surface area contributed by atoms with Gasteiger partial charge in [0.15, 0.2) is 15.9 Å². The average Bonchev–Trinajstić information content (AvgIpc) is 3.16. The normalized spacial score (nSPS) is 11.7. The molecule has 0 aliphatic carbocycles. The molecule has 0 bridgehead atoms. The lowest BCUT2D eigenvalue weighted by atomic mass is 10.2. The third kappa shape index (κ3) is 2.44. The van der Waals surface area contributed by atoms with Crippen molar-refractivity contribution in [2.75, 3.05) is 0 Å². The van der Waals surface area contributed by atoms with E-state index in [0.717, 1.165) is 9.95 Å². The Labute approximate surface area is 164 Å². The van der Waals surface area contributed by atoms with Gasteiger partial charge >= 0.3 is 5.69 Å². The smallest absolute Gasteiger partial charge is 0.332 e. The summed E-state index contributed by atoms with van der Waals surface area (Å²) < 4.78 is 4.58. The van der Waals surface area contributed by atoms with E-state index in [4.69, 9.17) is 23.2 Å². The Morgan fingerprint density at radius 1 is 1.15 bits per heavy atom. The quantitative estimate of drug-likeness (QED) is 0.471. The molecule has 3 heterocycles. The van der Waals surface area contributed by atoms with Crippen molar-refractivity contribution in [3.05, 3.63) is 59.5 Å². The highest BCUT2D eigenvalue weighted by Gasteiger charge is 2.18. The monoisotopic (exact) mass is 455 g/mol. The molecule has 0 unspecified atom stereocenters. The van der Waals surface area contributed by atoms with Crippen LogP contribution in [0.4, 0.5) is 0 Å². The van der Waals surface area contributed by atoms with Crippen LogP contribution < -0.4 is 11.2 Å². The van der Waals surface area contributed by atoms with E-state index in [-0.39, 0.29) is 6.54 Å². The molecule has 3 aromatic heterocycles. The minimum atomic E-state index is -0.455. The molecule has 7 nitrogen and oxygen atoms in total. The Morgan fingerprint density at radius 3 is 2.54 bits per heavy atom. The first-order chi connectivity index (χ1) is 12.3. The van der Waals surface area contributed by atoms with Gasteiger partial charge in [0.2, 0.25) is 0 Å². The van der Waals surface area contributed by atoms with Gasteiger partial charge in [0.05, 0.1) is 22.1 Å². The first-order valence-electron chi connectivity index (χ1n) is 7.57. The molecule has 26 heavy (non-hydrogen) atoms. The third-order valence-corrected chi connectivity index (χ3v) is 5.73. The van der Waals surface area contributed by atoms with Gasteiger partial charge in [-0.05, 0) is 34.1 Å². The molecule has 10 heteroatoms. The molecule has 0 fully saturated rings. The lowest BCUT2D eigenvalue weighted by molar-refractivity contribution is 0.648. The van der Waals surface area contributed by atoms with Gasteiger partial charge in [-0.1, -0.05) is 23.2 Å². The van der Waals surface area contributed by atoms with Crippen molar-refractivity contribution in [3.8, 4) is 0 Å². The van der Waals surface area contributed by atoms with Crippen molar-refractivity contribution in [1.82, 2.24) is 23.7 Å². The van der Waals surface area contributed by atoms with Crippen LogP contribution in [0.15, 0.2) is 32.5 Å². The summed E-state index contributed by atoms with van der Waals surface area (Å²) in [5.74, 6) is 0. The van der Waals surface area contributed by atoms with Crippen LogP contribution in [0.3, 0.4) is 0 Å². The molecular weight excluding hydrogens is 445 g/mol. The molecule has 4 aromatic rings. The van der Waals surface area contributed by atoms with Gasteiger partial charge in [-0.25, -0.2) is 9.78 Å². The molecule has 0 saturated carbocycles. The zero-order valence-electron chi connectivity index (χ0n) is 13.7. The van der Waals surface area contributed by atoms with E-state index in [0.29, 0.717) is 37.2 Å². The molecule has 0 spiro atoms. The fraction of sp³-hybridized carbons (Fsp3) is 0.188. The first-order valence-corrected chi connectivity index (χ1v) is 9.12. The van der Waals surface area contributed by atoms with E-state index in [1.54, 1.807) is 36.9 Å². The number of benzene rings is 1. The van der Waals surface area contributed by atoms with Crippen LogP contribution in [0.25, 0.3) is 22.1 Å². The summed E-state index contributed by atoms with van der Waals surface area (Å²) in [5.41, 5.74) is 1.11. The van der Waals surface area contributed by atoms with E-state index in [1.165, 1.54) is 4.57 Å². The molecule has 1 N–H and O–H groups in total. The SMILES string of the molecule is Cn1c(Br)nc2c1c(=O)n(Cc1cc3c(Cl)ccc(Cl)c3[nH]1)c(=O)n2C. The molecular formula is C16H12BrCl2N5O2. The van der Waals surface area contributed by atoms with Crippen molar-refractivity contribution >= 4 is 61.2 Å². The van der Waals surface area contributed by atoms with Crippen molar-refractivity contribution in [2.24, 2.45) is 14.1 Å². The topological polar surface area (TPSA) is 77.6 Å². The Hall–Kier alpha value is -2.03. The van der Waals surface area contributed by atoms with Gasteiger partial charge in [0.25, 0.3) is 5.56 Å². The number of aryl methyl sites for hydroxylation is 2. The number of aromatic amines is 1. The Balaban J connectivity index is 1.95. The molecule has 0 saturated heterocycles. The highest BCUT2D eigenvalue weighted by Crippen LogP contribution is 2.30. The number of aromatic nitrogens is 5. The third-order valence-electron chi connectivity index (χ3n) is 4.38. The van der Waals surface area contributed by atoms with Crippen molar-refractivity contribution in [3.63, 3.8) is 0 Å². The number of rotatable bonds is 2. The molecule has 0 aliphatic rings. The van der Waals surface area contributed by atoms with E-state index < -0.39 is 11.2 Å². The van der Waals surface area contributed by atoms with Gasteiger partial charge in [-0.3, -0.25) is 13.9 Å². The lowest BCUT2D eigenvalue weighted by Gasteiger charge is -2.07. The number of nitrogens with zero attached hydrogens (tertiary/aromatic N) is 4. The first kappa shape index (κ1) is 17.4. The summed E-state index contributed by atoms with van der Waals surface area (Å²) in [6.07, 6.45) is 0. The van der Waals surface area contributed by atoms with Gasteiger partial charge in [0, 0.05) is 25.2 Å². The maximum Gasteiger partial charge on any atom is 0.332 e. The molecule has 0 aliphatic heterocycles. The summed E-state index contributed by atoms with van der Waals surface area (Å²) in [4.78, 5) is 32.9. The second kappa shape index (κ2) is 6.00. The fourth-order valence-corrected chi connectivity index (χ4v) is 3.79. The van der Waals surface area contributed by atoms with Gasteiger partial charge in [-0.2, -0.15) is 0 Å². The van der Waals surface area contributed by atoms with Gasteiger partial charge < -0.3 is 9.55 Å². The molecule has 134 valence electrons. The number of fused-ring (bicyclic) bond motifs is 2. The summed E-state index contributed by atoms with van der Waals surface area (Å²) in [7, 11) is 3.29. The Morgan fingerprint density at radius 2 is 1.85 bits per heavy atom. The largest absolute Gasteiger partial charge is 0.356 e. The van der Waals surface area contributed by atoms with Crippen molar-refractivity contribution < 1.29 is 0 Å². The standard InChI is InChI=1S/C16H12BrCl2N5O2/c1-22-12-13(21-15(22)17)23(2)16(26)24(14(12)25)6-7-5-8-9(18)3-4-10(19)11(8)20-7/h3-5,20H,6H2,1-2H3. The van der Waals surface area contributed by atoms with Crippen LogP contribution in [0.5, 0.6) is 0 Å². The Kier molecular flexibility index (Phi) is 4.02. The highest BCUT2D eigenvalue weighted by molar-refractivity contribution is 9.10. The minimum absolute atomic E-state index is 0.0611. The predicted octanol–water partition coefficient (Wildman–Crippen LogP) is 3.03. The van der Waals surface area contributed by atoms with Crippen LogP contribution in [0.1, 0.15) is 5.69 Å². The van der Waals surface area contributed by atoms with E-state index in [2.05, 4.69) is 25.9 Å². The van der Waals surface area contributed by atoms with Crippen molar-refractivity contribution in [2.45, 2.75) is 6.54 Å². The van der Waals surface area contributed by atoms with Crippen LogP contribution in [-0.4, -0.2) is 23.7 Å². The van der Waals surface area contributed by atoms with Crippen LogP contribution in [-0.2, 0) is 20.6 Å². The second-order valence-corrected chi connectivity index (χ2v) is 7.48. The van der Waals surface area contributed by atoms with Crippen LogP contribution in [0, 0.1) is 0 Å². The summed E-state index contributed by atoms with van der Waals surface area (Å²) in [6, 6.07) is 5.18. The maximum absolute atomic E-state index is 12.9. The van der Waals surface area contributed by atoms with Crippen LogP contribution >= 0.6 is 39.1 Å². The van der Waals surface area contributed by atoms with Gasteiger partial charge in [-0.15, -0.1) is 0 Å². The number of hydrogen-bond donors (Lipinski definition) is 1. The molecule has 1 aromatic carbocycles. The lowest BCUT2D eigenvalue weighted by Crippen LogP contribution is -2.39. The fourth-order valence-electron chi connectivity index (χ4n) is 3.02. The highest BCUT2D eigenvalue weighted by atomic mass is 79.9. The maximum atomic E-state index is 12.9. The van der Waals surface area contributed by atoms with Crippen molar-refractivity contribution in [1.29, 1.82) is 0 Å². The summed E-state index contributed by atoms with van der Waals surface area (Å²) >= 11 is 15.7. The van der Waals surface area contributed by atoms with Gasteiger partial charge in [0.1, 0.15) is 0 Å². The van der Waals surface area contributed by atoms with Crippen LogP contribution in [0.2, 0.25) is 10.0 Å². The van der Waals surface area contributed by atoms with E-state index in [1.807, 2.05) is 0 Å². The minimum Gasteiger partial charge on any atom is -0.356 e. The number of hydrogen-bond acceptors (Lipinski definition) is 3. The number of nitrogens with one attached hydrogen (secondary N) is 1. The van der Waals surface area contributed by atoms with E-state index >= 15 is 0 Å². The summed E-state index contributed by atoms with van der Waals surface area (Å²) in [5, 5.41) is 1.79. The Bertz CT molecular complexity index is 1280. The number of halogens is 3. The zero-order valence-corrected chi connectivity index (χ0v) is 16.8. The second-order valence-electron chi connectivity index (χ2n) is 5.96.